The number of hydrogen-bond donors (Lipinski definition) is 1. The average molecular weight is 204 g/mol. The van der Waals surface area contributed by atoms with Crippen LogP contribution in [0.25, 0.3) is 0 Å². The standard InChI is InChI=1S/C8H16N2O2S/c1-9-7-5-6-3-4-8(7)10(6)13(2,11)12/h6-9H,3-5H2,1-2H3. The van der Waals surface area contributed by atoms with Crippen molar-refractivity contribution in [1.29, 1.82) is 0 Å². The summed E-state index contributed by atoms with van der Waals surface area (Å²) in [5.74, 6) is 0. The fourth-order valence-electron chi connectivity index (χ4n) is 2.77. The van der Waals surface area contributed by atoms with Crippen molar-refractivity contribution in [2.45, 2.75) is 37.4 Å². The van der Waals surface area contributed by atoms with Gasteiger partial charge in [0.1, 0.15) is 0 Å². The van der Waals surface area contributed by atoms with Gasteiger partial charge in [0, 0.05) is 18.1 Å². The van der Waals surface area contributed by atoms with Crippen LogP contribution in [0.3, 0.4) is 0 Å². The van der Waals surface area contributed by atoms with Crippen molar-refractivity contribution < 1.29 is 8.42 Å². The highest BCUT2D eigenvalue weighted by Crippen LogP contribution is 2.39. The molecule has 0 aromatic heterocycles. The summed E-state index contributed by atoms with van der Waals surface area (Å²) < 4.78 is 24.6. The number of hydrogen-bond acceptors (Lipinski definition) is 3. The van der Waals surface area contributed by atoms with Crippen molar-refractivity contribution in [2.75, 3.05) is 13.3 Å². The molecule has 0 aromatic carbocycles. The van der Waals surface area contributed by atoms with E-state index in [1.54, 1.807) is 4.31 Å². The zero-order valence-electron chi connectivity index (χ0n) is 8.03. The Bertz CT molecular complexity index is 301. The Morgan fingerprint density at radius 2 is 2.08 bits per heavy atom. The zero-order chi connectivity index (χ0) is 9.64. The molecule has 2 heterocycles. The van der Waals surface area contributed by atoms with E-state index in [9.17, 15) is 8.42 Å². The quantitative estimate of drug-likeness (QED) is 0.676. The summed E-state index contributed by atoms with van der Waals surface area (Å²) in [6, 6.07) is 0.843. The first-order valence-corrected chi connectivity index (χ1v) is 6.54. The lowest BCUT2D eigenvalue weighted by molar-refractivity contribution is 0.378. The number of likely N-dealkylation sites (N-methyl/N-ethyl adjacent to an activating group) is 1. The summed E-state index contributed by atoms with van der Waals surface area (Å²) >= 11 is 0. The number of fused-ring (bicyclic) bond motifs is 2. The van der Waals surface area contributed by atoms with Gasteiger partial charge in [0.25, 0.3) is 0 Å². The average Bonchev–Trinajstić information content (AvgIpc) is 2.57. The molecule has 76 valence electrons. The molecule has 2 fully saturated rings. The maximum absolute atomic E-state index is 11.5. The fraction of sp³-hybridized carbons (Fsp3) is 1.00. The zero-order valence-corrected chi connectivity index (χ0v) is 8.84. The van der Waals surface area contributed by atoms with Gasteiger partial charge in [0.15, 0.2) is 0 Å². The van der Waals surface area contributed by atoms with Crippen LogP contribution in [0.15, 0.2) is 0 Å². The first-order valence-electron chi connectivity index (χ1n) is 4.70. The minimum absolute atomic E-state index is 0.213. The van der Waals surface area contributed by atoms with Gasteiger partial charge in [-0.2, -0.15) is 4.31 Å². The monoisotopic (exact) mass is 204 g/mol. The van der Waals surface area contributed by atoms with Crippen LogP contribution in [0, 0.1) is 0 Å². The van der Waals surface area contributed by atoms with Crippen molar-refractivity contribution >= 4 is 10.0 Å². The molecule has 2 saturated heterocycles. The Morgan fingerprint density at radius 1 is 1.38 bits per heavy atom. The summed E-state index contributed by atoms with van der Waals surface area (Å²) in [4.78, 5) is 0. The van der Waals surface area contributed by atoms with E-state index in [2.05, 4.69) is 5.32 Å². The molecule has 0 amide bonds. The van der Waals surface area contributed by atoms with Crippen molar-refractivity contribution in [1.82, 2.24) is 9.62 Å². The van der Waals surface area contributed by atoms with Crippen LogP contribution in [0.1, 0.15) is 19.3 Å². The highest BCUT2D eigenvalue weighted by Gasteiger charge is 2.49. The maximum atomic E-state index is 11.5. The molecule has 3 unspecified atom stereocenters. The second-order valence-electron chi connectivity index (χ2n) is 4.02. The molecular weight excluding hydrogens is 188 g/mol. The number of nitrogens with zero attached hydrogens (tertiary/aromatic N) is 1. The van der Waals surface area contributed by atoms with Crippen LogP contribution in [-0.4, -0.2) is 44.2 Å². The van der Waals surface area contributed by atoms with E-state index in [0.29, 0.717) is 6.04 Å². The molecule has 13 heavy (non-hydrogen) atoms. The van der Waals surface area contributed by atoms with E-state index in [1.807, 2.05) is 7.05 Å². The molecule has 1 N–H and O–H groups in total. The smallest absolute Gasteiger partial charge is 0.211 e. The molecule has 5 heteroatoms. The lowest BCUT2D eigenvalue weighted by atomic mass is 9.96. The molecule has 2 aliphatic rings. The van der Waals surface area contributed by atoms with Gasteiger partial charge in [0.05, 0.1) is 6.26 Å². The predicted octanol–water partition coefficient (Wildman–Crippen LogP) is -0.229. The summed E-state index contributed by atoms with van der Waals surface area (Å²) in [5, 5.41) is 3.19. The van der Waals surface area contributed by atoms with Gasteiger partial charge in [-0.15, -0.1) is 0 Å². The highest BCUT2D eigenvalue weighted by molar-refractivity contribution is 7.88. The van der Waals surface area contributed by atoms with Gasteiger partial charge in [0.2, 0.25) is 10.0 Å². The molecule has 0 spiro atoms. The van der Waals surface area contributed by atoms with Gasteiger partial charge in [-0.05, 0) is 26.3 Å². The molecular formula is C8H16N2O2S. The second-order valence-corrected chi connectivity index (χ2v) is 5.91. The Morgan fingerprint density at radius 3 is 2.46 bits per heavy atom. The van der Waals surface area contributed by atoms with Crippen LogP contribution >= 0.6 is 0 Å². The van der Waals surface area contributed by atoms with E-state index in [0.717, 1.165) is 19.3 Å². The Balaban J connectivity index is 2.25. The van der Waals surface area contributed by atoms with E-state index in [4.69, 9.17) is 0 Å². The first kappa shape index (κ1) is 9.43. The van der Waals surface area contributed by atoms with Gasteiger partial charge in [-0.25, -0.2) is 8.42 Å². The van der Waals surface area contributed by atoms with Gasteiger partial charge >= 0.3 is 0 Å². The summed E-state index contributed by atoms with van der Waals surface area (Å²) in [6.45, 7) is 0. The van der Waals surface area contributed by atoms with Crippen LogP contribution in [0.2, 0.25) is 0 Å². The Labute approximate surface area is 79.4 Å². The van der Waals surface area contributed by atoms with Gasteiger partial charge in [-0.1, -0.05) is 0 Å². The largest absolute Gasteiger partial charge is 0.315 e. The first-order chi connectivity index (χ1) is 6.04. The Kier molecular flexibility index (Phi) is 2.13. The van der Waals surface area contributed by atoms with Crippen molar-refractivity contribution in [3.8, 4) is 0 Å². The summed E-state index contributed by atoms with van der Waals surface area (Å²) in [7, 11) is -1.08. The van der Waals surface area contributed by atoms with Crippen molar-refractivity contribution in [2.24, 2.45) is 0 Å². The molecule has 2 aliphatic heterocycles. The van der Waals surface area contributed by atoms with E-state index >= 15 is 0 Å². The van der Waals surface area contributed by atoms with Crippen LogP contribution in [-0.2, 0) is 10.0 Å². The Hall–Kier alpha value is -0.130. The molecule has 0 radical (unpaired) electrons. The third-order valence-corrected chi connectivity index (χ3v) is 4.56. The molecule has 0 aliphatic carbocycles. The molecule has 0 aromatic rings. The summed E-state index contributed by atoms with van der Waals surface area (Å²) in [5.41, 5.74) is 0. The number of nitrogens with one attached hydrogen (secondary N) is 1. The maximum Gasteiger partial charge on any atom is 0.211 e. The molecule has 4 nitrogen and oxygen atoms in total. The SMILES string of the molecule is CNC1CC2CCC1N2S(C)(=O)=O. The topological polar surface area (TPSA) is 49.4 Å². The second kappa shape index (κ2) is 2.93. The van der Waals surface area contributed by atoms with E-state index < -0.39 is 10.0 Å². The number of rotatable bonds is 2. The normalized spacial score (nSPS) is 40.0. The molecule has 2 bridgehead atoms. The minimum atomic E-state index is -2.99. The highest BCUT2D eigenvalue weighted by atomic mass is 32.2. The molecule has 0 saturated carbocycles. The van der Waals surface area contributed by atoms with Crippen LogP contribution in [0.4, 0.5) is 0 Å². The van der Waals surface area contributed by atoms with Crippen molar-refractivity contribution in [3.05, 3.63) is 0 Å². The van der Waals surface area contributed by atoms with Gasteiger partial charge < -0.3 is 5.32 Å². The minimum Gasteiger partial charge on any atom is -0.315 e. The van der Waals surface area contributed by atoms with Gasteiger partial charge in [-0.3, -0.25) is 0 Å². The third kappa shape index (κ3) is 1.39. The molecule has 3 atom stereocenters. The van der Waals surface area contributed by atoms with Crippen molar-refractivity contribution in [3.63, 3.8) is 0 Å². The fourth-order valence-corrected chi connectivity index (χ4v) is 4.24. The lowest BCUT2D eigenvalue weighted by Gasteiger charge is -2.21. The molecule has 2 rings (SSSR count). The van der Waals surface area contributed by atoms with E-state index in [1.165, 1.54) is 6.26 Å². The van der Waals surface area contributed by atoms with E-state index in [-0.39, 0.29) is 12.1 Å². The predicted molar refractivity (Wildman–Crippen MR) is 51.0 cm³/mol. The lowest BCUT2D eigenvalue weighted by Crippen LogP contribution is -2.41. The summed E-state index contributed by atoms with van der Waals surface area (Å²) in [6.07, 6.45) is 4.35. The van der Waals surface area contributed by atoms with Crippen LogP contribution < -0.4 is 5.32 Å². The van der Waals surface area contributed by atoms with Crippen LogP contribution in [0.5, 0.6) is 0 Å². The third-order valence-electron chi connectivity index (χ3n) is 3.23. The number of sulfonamides is 1.